The van der Waals surface area contributed by atoms with Gasteiger partial charge in [0.25, 0.3) is 0 Å². The summed E-state index contributed by atoms with van der Waals surface area (Å²) in [7, 11) is 0. The lowest BCUT2D eigenvalue weighted by molar-refractivity contribution is -0.0811. The van der Waals surface area contributed by atoms with Gasteiger partial charge in [0, 0.05) is 12.2 Å². The Kier molecular flexibility index (Phi) is 1.39. The van der Waals surface area contributed by atoms with E-state index < -0.39 is 0 Å². The molecule has 0 aromatic carbocycles. The van der Waals surface area contributed by atoms with Gasteiger partial charge in [-0.3, -0.25) is 0 Å². The van der Waals surface area contributed by atoms with Crippen LogP contribution in [-0.4, -0.2) is 30.3 Å². The molecule has 3 heteroatoms. The van der Waals surface area contributed by atoms with Crippen molar-refractivity contribution in [3.05, 3.63) is 12.3 Å². The second-order valence-corrected chi connectivity index (χ2v) is 2.83. The Bertz CT molecular complexity index is 154. The van der Waals surface area contributed by atoms with Crippen LogP contribution in [0.1, 0.15) is 6.92 Å². The molecule has 0 aliphatic carbocycles. The molecule has 2 aliphatic rings. The van der Waals surface area contributed by atoms with E-state index in [9.17, 15) is 0 Å². The van der Waals surface area contributed by atoms with E-state index in [1.807, 2.05) is 6.20 Å². The summed E-state index contributed by atoms with van der Waals surface area (Å²) in [5.74, 6) is 0. The fourth-order valence-corrected chi connectivity index (χ4v) is 1.30. The maximum absolute atomic E-state index is 5.09. The molecule has 0 aromatic heterocycles. The fraction of sp³-hybridized carbons (Fsp3) is 0.714. The van der Waals surface area contributed by atoms with Gasteiger partial charge >= 0.3 is 0 Å². The topological polar surface area (TPSA) is 24.5 Å². The smallest absolute Gasteiger partial charge is 0.0764 e. The predicted molar refractivity (Wildman–Crippen MR) is 38.2 cm³/mol. The molecule has 0 amide bonds. The van der Waals surface area contributed by atoms with Crippen LogP contribution < -0.4 is 5.43 Å². The van der Waals surface area contributed by atoms with E-state index in [1.165, 1.54) is 0 Å². The zero-order valence-corrected chi connectivity index (χ0v) is 6.08. The highest BCUT2D eigenvalue weighted by Gasteiger charge is 2.29. The Balaban J connectivity index is 1.93. The Hall–Kier alpha value is -0.540. The van der Waals surface area contributed by atoms with Crippen molar-refractivity contribution in [2.45, 2.75) is 19.0 Å². The average molecular weight is 140 g/mol. The maximum Gasteiger partial charge on any atom is 0.0764 e. The first-order chi connectivity index (χ1) is 4.88. The first kappa shape index (κ1) is 6.19. The van der Waals surface area contributed by atoms with Crippen LogP contribution in [-0.2, 0) is 4.74 Å². The van der Waals surface area contributed by atoms with Crippen LogP contribution in [0, 0.1) is 0 Å². The molecule has 2 aliphatic heterocycles. The molecule has 3 nitrogen and oxygen atoms in total. The van der Waals surface area contributed by atoms with Crippen molar-refractivity contribution < 1.29 is 4.74 Å². The third kappa shape index (κ3) is 0.822. The van der Waals surface area contributed by atoms with Crippen molar-refractivity contribution >= 4 is 0 Å². The predicted octanol–water partition coefficient (Wildman–Crippen LogP) is 0.108. The standard InChI is InChI=1S/C7H12N2O/c1-6-2-3-8-9(6)7-4-10-5-7/h2-3,6-8H,4-5H2,1H3. The van der Waals surface area contributed by atoms with E-state index in [0.717, 1.165) is 13.2 Å². The lowest BCUT2D eigenvalue weighted by atomic mass is 10.2. The van der Waals surface area contributed by atoms with Gasteiger partial charge < -0.3 is 10.2 Å². The van der Waals surface area contributed by atoms with E-state index in [1.54, 1.807) is 0 Å². The SMILES string of the molecule is CC1C=CNN1C1COC1. The molecular formula is C7H12N2O. The summed E-state index contributed by atoms with van der Waals surface area (Å²) in [6, 6.07) is 1.11. The highest BCUT2D eigenvalue weighted by atomic mass is 16.5. The molecule has 0 radical (unpaired) electrons. The summed E-state index contributed by atoms with van der Waals surface area (Å²) in [6.45, 7) is 3.92. The van der Waals surface area contributed by atoms with Crippen LogP contribution >= 0.6 is 0 Å². The number of nitrogens with zero attached hydrogens (tertiary/aromatic N) is 1. The normalized spacial score (nSPS) is 33.9. The minimum atomic E-state index is 0.522. The molecule has 56 valence electrons. The van der Waals surface area contributed by atoms with Crippen molar-refractivity contribution in [2.24, 2.45) is 0 Å². The van der Waals surface area contributed by atoms with Crippen molar-refractivity contribution in [3.8, 4) is 0 Å². The van der Waals surface area contributed by atoms with E-state index in [-0.39, 0.29) is 0 Å². The minimum Gasteiger partial charge on any atom is -0.378 e. The van der Waals surface area contributed by atoms with Gasteiger partial charge in [-0.05, 0) is 13.0 Å². The molecular weight excluding hydrogens is 128 g/mol. The first-order valence-electron chi connectivity index (χ1n) is 3.67. The van der Waals surface area contributed by atoms with Crippen LogP contribution in [0.2, 0.25) is 0 Å². The highest BCUT2D eigenvalue weighted by Crippen LogP contribution is 2.14. The average Bonchev–Trinajstić information content (AvgIpc) is 2.12. The third-order valence-corrected chi connectivity index (χ3v) is 2.05. The molecule has 1 fully saturated rings. The number of ether oxygens (including phenoxy) is 1. The van der Waals surface area contributed by atoms with Crippen LogP contribution in [0.3, 0.4) is 0 Å². The Morgan fingerprint density at radius 1 is 1.60 bits per heavy atom. The summed E-state index contributed by atoms with van der Waals surface area (Å²) >= 11 is 0. The summed E-state index contributed by atoms with van der Waals surface area (Å²) in [5, 5.41) is 2.23. The molecule has 0 aromatic rings. The maximum atomic E-state index is 5.09. The fourth-order valence-electron chi connectivity index (χ4n) is 1.30. The van der Waals surface area contributed by atoms with Gasteiger partial charge in [0.2, 0.25) is 0 Å². The molecule has 0 bridgehead atoms. The monoisotopic (exact) mass is 140 g/mol. The molecule has 2 rings (SSSR count). The summed E-state index contributed by atoms with van der Waals surface area (Å²) in [4.78, 5) is 0. The minimum absolute atomic E-state index is 0.522. The first-order valence-corrected chi connectivity index (χ1v) is 3.67. The lowest BCUT2D eigenvalue weighted by Gasteiger charge is -2.36. The van der Waals surface area contributed by atoms with Crippen molar-refractivity contribution in [3.63, 3.8) is 0 Å². The summed E-state index contributed by atoms with van der Waals surface area (Å²) in [5.41, 5.74) is 3.18. The summed E-state index contributed by atoms with van der Waals surface area (Å²) < 4.78 is 5.09. The quantitative estimate of drug-likeness (QED) is 0.559. The van der Waals surface area contributed by atoms with Crippen molar-refractivity contribution in [2.75, 3.05) is 13.2 Å². The largest absolute Gasteiger partial charge is 0.378 e. The Morgan fingerprint density at radius 2 is 2.40 bits per heavy atom. The molecule has 1 unspecified atom stereocenters. The Morgan fingerprint density at radius 3 is 2.80 bits per heavy atom. The number of hydrogen-bond acceptors (Lipinski definition) is 3. The number of hydrazine groups is 1. The number of rotatable bonds is 1. The number of nitrogens with one attached hydrogen (secondary N) is 1. The van der Waals surface area contributed by atoms with E-state index in [2.05, 4.69) is 23.4 Å². The second-order valence-electron chi connectivity index (χ2n) is 2.83. The third-order valence-electron chi connectivity index (χ3n) is 2.05. The van der Waals surface area contributed by atoms with Gasteiger partial charge in [-0.1, -0.05) is 0 Å². The van der Waals surface area contributed by atoms with Gasteiger partial charge in [-0.25, -0.2) is 5.01 Å². The van der Waals surface area contributed by atoms with Crippen LogP contribution in [0.25, 0.3) is 0 Å². The van der Waals surface area contributed by atoms with Crippen LogP contribution in [0.4, 0.5) is 0 Å². The van der Waals surface area contributed by atoms with E-state index in [0.29, 0.717) is 12.1 Å². The molecule has 10 heavy (non-hydrogen) atoms. The van der Waals surface area contributed by atoms with E-state index in [4.69, 9.17) is 4.74 Å². The molecule has 2 heterocycles. The van der Waals surface area contributed by atoms with Gasteiger partial charge in [0.05, 0.1) is 19.3 Å². The van der Waals surface area contributed by atoms with Crippen molar-refractivity contribution in [1.82, 2.24) is 10.4 Å². The van der Waals surface area contributed by atoms with E-state index >= 15 is 0 Å². The van der Waals surface area contributed by atoms with Crippen LogP contribution in [0.15, 0.2) is 12.3 Å². The zero-order valence-electron chi connectivity index (χ0n) is 6.08. The molecule has 1 N–H and O–H groups in total. The lowest BCUT2D eigenvalue weighted by Crippen LogP contribution is -2.54. The van der Waals surface area contributed by atoms with Gasteiger partial charge in [0.15, 0.2) is 0 Å². The molecule has 0 saturated carbocycles. The second kappa shape index (κ2) is 2.25. The summed E-state index contributed by atoms with van der Waals surface area (Å²) in [6.07, 6.45) is 4.14. The zero-order chi connectivity index (χ0) is 6.97. The molecule has 0 spiro atoms. The van der Waals surface area contributed by atoms with Crippen molar-refractivity contribution in [1.29, 1.82) is 0 Å². The highest BCUT2D eigenvalue weighted by molar-refractivity contribution is 4.99. The molecule has 1 atom stereocenters. The van der Waals surface area contributed by atoms with Crippen LogP contribution in [0.5, 0.6) is 0 Å². The van der Waals surface area contributed by atoms with Gasteiger partial charge in [-0.2, -0.15) is 0 Å². The number of hydrogen-bond donors (Lipinski definition) is 1. The van der Waals surface area contributed by atoms with Gasteiger partial charge in [-0.15, -0.1) is 0 Å². The van der Waals surface area contributed by atoms with Gasteiger partial charge in [0.1, 0.15) is 0 Å². The Labute approximate surface area is 60.6 Å². The molecule has 1 saturated heterocycles.